The van der Waals surface area contributed by atoms with Gasteiger partial charge in [0.1, 0.15) is 0 Å². The highest BCUT2D eigenvalue weighted by molar-refractivity contribution is 5.91. The van der Waals surface area contributed by atoms with E-state index in [9.17, 15) is 4.79 Å². The van der Waals surface area contributed by atoms with Gasteiger partial charge in [-0.15, -0.1) is 0 Å². The van der Waals surface area contributed by atoms with E-state index in [1.54, 1.807) is 0 Å². The van der Waals surface area contributed by atoms with Crippen molar-refractivity contribution in [2.45, 2.75) is 70.5 Å². The van der Waals surface area contributed by atoms with Crippen molar-refractivity contribution in [2.24, 2.45) is 11.8 Å². The van der Waals surface area contributed by atoms with Crippen LogP contribution in [-0.2, 0) is 4.79 Å². The zero-order valence-electron chi connectivity index (χ0n) is 11.7. The van der Waals surface area contributed by atoms with Crippen molar-refractivity contribution in [2.75, 3.05) is 6.54 Å². The summed E-state index contributed by atoms with van der Waals surface area (Å²) in [6.07, 6.45) is 8.78. The Bertz CT molecular complexity index is 329. The van der Waals surface area contributed by atoms with Gasteiger partial charge in [-0.1, -0.05) is 26.7 Å². The Morgan fingerprint density at radius 3 is 2.50 bits per heavy atom. The number of nitrogens with zero attached hydrogens (tertiary/aromatic N) is 1. The highest BCUT2D eigenvalue weighted by atomic mass is 16.2. The number of nitrogens with one attached hydrogen (secondary N) is 1. The number of rotatable bonds is 3. The fraction of sp³-hybridized carbons (Fsp3) is 0.933. The lowest BCUT2D eigenvalue weighted by molar-refractivity contribution is -0.131. The average Bonchev–Trinajstić information content (AvgIpc) is 3.11. The second kappa shape index (κ2) is 4.52. The molecule has 1 saturated heterocycles. The van der Waals surface area contributed by atoms with Crippen LogP contribution in [0.15, 0.2) is 0 Å². The highest BCUT2D eigenvalue weighted by Crippen LogP contribution is 2.43. The number of carbonyl (C=O) groups is 1. The van der Waals surface area contributed by atoms with Crippen molar-refractivity contribution < 1.29 is 4.79 Å². The van der Waals surface area contributed by atoms with E-state index >= 15 is 0 Å². The molecule has 3 nitrogen and oxygen atoms in total. The quantitative estimate of drug-likeness (QED) is 0.834. The maximum absolute atomic E-state index is 12.5. The summed E-state index contributed by atoms with van der Waals surface area (Å²) < 4.78 is 0. The lowest BCUT2D eigenvalue weighted by Gasteiger charge is -2.32. The number of carbonyl (C=O) groups excluding carboxylic acids is 1. The van der Waals surface area contributed by atoms with Crippen molar-refractivity contribution in [1.82, 2.24) is 10.2 Å². The molecule has 0 aromatic heterocycles. The molecule has 2 saturated carbocycles. The van der Waals surface area contributed by atoms with Gasteiger partial charge < -0.3 is 4.90 Å². The molecule has 3 rings (SSSR count). The summed E-state index contributed by atoms with van der Waals surface area (Å²) in [5.41, 5.74) is -0.122. The van der Waals surface area contributed by atoms with E-state index in [0.717, 1.165) is 37.6 Å². The van der Waals surface area contributed by atoms with E-state index in [0.29, 0.717) is 12.1 Å². The SMILES string of the molecule is CCC1NC2(CC2)C(=O)N1CC1CCC(C)CC1. The first-order valence-corrected chi connectivity index (χ1v) is 7.73. The molecule has 1 unspecified atom stereocenters. The Hall–Kier alpha value is -0.570. The minimum atomic E-state index is -0.122. The summed E-state index contributed by atoms with van der Waals surface area (Å²) in [4.78, 5) is 14.6. The van der Waals surface area contributed by atoms with Crippen LogP contribution in [0.2, 0.25) is 0 Å². The topological polar surface area (TPSA) is 32.3 Å². The van der Waals surface area contributed by atoms with Gasteiger partial charge in [0.25, 0.3) is 0 Å². The Morgan fingerprint density at radius 1 is 1.28 bits per heavy atom. The monoisotopic (exact) mass is 250 g/mol. The first-order chi connectivity index (χ1) is 8.64. The molecular formula is C15H26N2O. The van der Waals surface area contributed by atoms with E-state index < -0.39 is 0 Å². The molecule has 3 fully saturated rings. The van der Waals surface area contributed by atoms with Gasteiger partial charge in [-0.2, -0.15) is 0 Å². The zero-order valence-corrected chi connectivity index (χ0v) is 11.7. The molecule has 1 N–H and O–H groups in total. The third kappa shape index (κ3) is 2.07. The second-order valence-corrected chi connectivity index (χ2v) is 6.73. The van der Waals surface area contributed by atoms with E-state index in [4.69, 9.17) is 0 Å². The van der Waals surface area contributed by atoms with Crippen LogP contribution in [0.1, 0.15) is 58.8 Å². The summed E-state index contributed by atoms with van der Waals surface area (Å²) in [5, 5.41) is 3.57. The van der Waals surface area contributed by atoms with Crippen LogP contribution in [0.4, 0.5) is 0 Å². The standard InChI is InChI=1S/C15H26N2O/c1-3-13-16-15(8-9-15)14(18)17(13)10-12-6-4-11(2)5-7-12/h11-13,16H,3-10H2,1-2H3. The molecule has 0 aromatic carbocycles. The van der Waals surface area contributed by atoms with Crippen LogP contribution in [0.5, 0.6) is 0 Å². The van der Waals surface area contributed by atoms with Gasteiger partial charge in [0.2, 0.25) is 5.91 Å². The Kier molecular flexibility index (Phi) is 3.13. The Balaban J connectivity index is 1.62. The second-order valence-electron chi connectivity index (χ2n) is 6.73. The average molecular weight is 250 g/mol. The van der Waals surface area contributed by atoms with Gasteiger partial charge in [-0.05, 0) is 43.9 Å². The summed E-state index contributed by atoms with van der Waals surface area (Å²) >= 11 is 0. The fourth-order valence-corrected chi connectivity index (χ4v) is 3.68. The van der Waals surface area contributed by atoms with E-state index in [1.165, 1.54) is 25.7 Å². The van der Waals surface area contributed by atoms with Crippen LogP contribution in [0.3, 0.4) is 0 Å². The first-order valence-electron chi connectivity index (χ1n) is 7.73. The molecule has 0 radical (unpaired) electrons. The van der Waals surface area contributed by atoms with Crippen molar-refractivity contribution >= 4 is 5.91 Å². The van der Waals surface area contributed by atoms with Crippen molar-refractivity contribution in [3.63, 3.8) is 0 Å². The highest BCUT2D eigenvalue weighted by Gasteiger charge is 2.58. The van der Waals surface area contributed by atoms with Gasteiger partial charge in [0, 0.05) is 6.54 Å². The van der Waals surface area contributed by atoms with E-state index in [-0.39, 0.29) is 5.54 Å². The molecule has 2 aliphatic carbocycles. The molecule has 1 atom stereocenters. The van der Waals surface area contributed by atoms with Crippen LogP contribution in [0.25, 0.3) is 0 Å². The lowest BCUT2D eigenvalue weighted by atomic mass is 9.83. The number of amides is 1. The predicted octanol–water partition coefficient (Wildman–Crippen LogP) is 2.51. The smallest absolute Gasteiger partial charge is 0.244 e. The molecule has 102 valence electrons. The van der Waals surface area contributed by atoms with Gasteiger partial charge in [-0.3, -0.25) is 10.1 Å². The van der Waals surface area contributed by atoms with Crippen molar-refractivity contribution in [3.05, 3.63) is 0 Å². The number of hydrogen-bond acceptors (Lipinski definition) is 2. The summed E-state index contributed by atoms with van der Waals surface area (Å²) in [6, 6.07) is 0. The van der Waals surface area contributed by atoms with Gasteiger partial charge in [0.05, 0.1) is 11.7 Å². The molecule has 3 aliphatic rings. The molecule has 0 bridgehead atoms. The maximum Gasteiger partial charge on any atom is 0.244 e. The van der Waals surface area contributed by atoms with Gasteiger partial charge in [-0.25, -0.2) is 0 Å². The van der Waals surface area contributed by atoms with Crippen LogP contribution in [-0.4, -0.2) is 29.1 Å². The van der Waals surface area contributed by atoms with E-state index in [1.807, 2.05) is 0 Å². The Morgan fingerprint density at radius 2 is 1.94 bits per heavy atom. The molecule has 1 amide bonds. The molecule has 1 heterocycles. The third-order valence-electron chi connectivity index (χ3n) is 5.22. The number of hydrogen-bond donors (Lipinski definition) is 1. The first kappa shape index (κ1) is 12.5. The molecule has 1 spiro atoms. The molecule has 18 heavy (non-hydrogen) atoms. The van der Waals surface area contributed by atoms with Crippen LogP contribution < -0.4 is 5.32 Å². The molecule has 0 aromatic rings. The lowest BCUT2D eigenvalue weighted by Crippen LogP contribution is -2.40. The normalized spacial score (nSPS) is 38.4. The van der Waals surface area contributed by atoms with E-state index in [2.05, 4.69) is 24.1 Å². The van der Waals surface area contributed by atoms with Gasteiger partial charge in [0.15, 0.2) is 0 Å². The summed E-state index contributed by atoms with van der Waals surface area (Å²) in [6.45, 7) is 5.54. The van der Waals surface area contributed by atoms with Crippen molar-refractivity contribution in [1.29, 1.82) is 0 Å². The maximum atomic E-state index is 12.5. The van der Waals surface area contributed by atoms with Crippen molar-refractivity contribution in [3.8, 4) is 0 Å². The molecule has 3 heteroatoms. The summed E-state index contributed by atoms with van der Waals surface area (Å²) in [7, 11) is 0. The predicted molar refractivity (Wildman–Crippen MR) is 72.0 cm³/mol. The van der Waals surface area contributed by atoms with Crippen LogP contribution >= 0.6 is 0 Å². The molecule has 1 aliphatic heterocycles. The zero-order chi connectivity index (χ0) is 12.8. The minimum absolute atomic E-state index is 0.122. The largest absolute Gasteiger partial charge is 0.325 e. The van der Waals surface area contributed by atoms with Crippen LogP contribution in [0, 0.1) is 11.8 Å². The third-order valence-corrected chi connectivity index (χ3v) is 5.22. The molecular weight excluding hydrogens is 224 g/mol. The minimum Gasteiger partial charge on any atom is -0.325 e. The fourth-order valence-electron chi connectivity index (χ4n) is 3.68. The summed E-state index contributed by atoms with van der Waals surface area (Å²) in [5.74, 6) is 2.04. The van der Waals surface area contributed by atoms with Gasteiger partial charge >= 0.3 is 0 Å². The Labute approximate surface area is 110 Å².